The number of hydrogen-bond acceptors (Lipinski definition) is 4. The fourth-order valence-corrected chi connectivity index (χ4v) is 6.18. The van der Waals surface area contributed by atoms with Crippen molar-refractivity contribution in [1.82, 2.24) is 13.9 Å². The maximum absolute atomic E-state index is 13.2. The molecule has 0 unspecified atom stereocenters. The number of ether oxygens (including phenoxy) is 1. The molecule has 0 N–H and O–H groups in total. The predicted molar refractivity (Wildman–Crippen MR) is 129 cm³/mol. The Bertz CT molecular complexity index is 1040. The molecule has 7 nitrogen and oxygen atoms in total. The molecule has 0 saturated carbocycles. The first kappa shape index (κ1) is 23.5. The molecule has 178 valence electrons. The lowest BCUT2D eigenvalue weighted by Crippen LogP contribution is -2.45. The minimum atomic E-state index is -3.54. The largest absolute Gasteiger partial charge is 0.381 e. The Morgan fingerprint density at radius 3 is 2.41 bits per heavy atom. The maximum Gasteiger partial charge on any atom is 0.303 e. The predicted octanol–water partition coefficient (Wildman–Crippen LogP) is 4.17. The molecule has 2 aliphatic heterocycles. The molecule has 2 aromatic rings. The molecule has 0 spiro atoms. The van der Waals surface area contributed by atoms with E-state index in [0.29, 0.717) is 30.6 Å². The third-order valence-electron chi connectivity index (χ3n) is 6.96. The zero-order chi connectivity index (χ0) is 23.1. The van der Waals surface area contributed by atoms with E-state index in [9.17, 15) is 8.42 Å². The normalized spacial score (nSPS) is 20.2. The average Bonchev–Trinajstić information content (AvgIpc) is 3.12. The van der Waals surface area contributed by atoms with E-state index >= 15 is 0 Å². The topological polar surface area (TPSA) is 67.7 Å². The molecule has 32 heavy (non-hydrogen) atoms. The zero-order valence-corrected chi connectivity index (χ0v) is 21.0. The van der Waals surface area contributed by atoms with Crippen molar-refractivity contribution in [3.05, 3.63) is 24.0 Å². The van der Waals surface area contributed by atoms with Gasteiger partial charge in [0, 0.05) is 45.3 Å². The van der Waals surface area contributed by atoms with Crippen molar-refractivity contribution in [2.75, 3.05) is 37.7 Å². The van der Waals surface area contributed by atoms with Gasteiger partial charge in [-0.1, -0.05) is 27.7 Å². The second kappa shape index (κ2) is 8.95. The molecule has 4 rings (SSSR count). The number of piperidine rings is 1. The first-order valence-electron chi connectivity index (χ1n) is 11.9. The van der Waals surface area contributed by atoms with Crippen molar-refractivity contribution < 1.29 is 13.2 Å². The van der Waals surface area contributed by atoms with Crippen LogP contribution in [0.3, 0.4) is 0 Å². The smallest absolute Gasteiger partial charge is 0.303 e. The van der Waals surface area contributed by atoms with E-state index in [1.807, 2.05) is 18.2 Å². The van der Waals surface area contributed by atoms with Crippen LogP contribution in [0.5, 0.6) is 0 Å². The van der Waals surface area contributed by atoms with Crippen LogP contribution >= 0.6 is 0 Å². The van der Waals surface area contributed by atoms with Gasteiger partial charge >= 0.3 is 10.2 Å². The summed E-state index contributed by atoms with van der Waals surface area (Å²) in [7, 11) is -1.89. The first-order chi connectivity index (χ1) is 15.1. The second-order valence-electron chi connectivity index (χ2n) is 10.6. The zero-order valence-electron chi connectivity index (χ0n) is 20.2. The van der Waals surface area contributed by atoms with Gasteiger partial charge in [0.05, 0.1) is 16.7 Å². The highest BCUT2D eigenvalue weighted by Gasteiger charge is 2.31. The van der Waals surface area contributed by atoms with Crippen molar-refractivity contribution in [3.63, 3.8) is 0 Å². The van der Waals surface area contributed by atoms with E-state index in [4.69, 9.17) is 9.72 Å². The molecule has 0 bridgehead atoms. The molecule has 2 aliphatic rings. The molecule has 1 aromatic carbocycles. The van der Waals surface area contributed by atoms with Crippen LogP contribution < -0.4 is 4.31 Å². The first-order valence-corrected chi connectivity index (χ1v) is 13.3. The van der Waals surface area contributed by atoms with E-state index in [-0.39, 0.29) is 5.41 Å². The van der Waals surface area contributed by atoms with Gasteiger partial charge < -0.3 is 9.30 Å². The van der Waals surface area contributed by atoms with Crippen LogP contribution in [0.4, 0.5) is 5.69 Å². The van der Waals surface area contributed by atoms with Gasteiger partial charge in [0.15, 0.2) is 0 Å². The van der Waals surface area contributed by atoms with Crippen molar-refractivity contribution in [1.29, 1.82) is 0 Å². The lowest BCUT2D eigenvalue weighted by molar-refractivity contribution is 0.0611. The van der Waals surface area contributed by atoms with Gasteiger partial charge in [0.2, 0.25) is 0 Å². The van der Waals surface area contributed by atoms with Gasteiger partial charge in [-0.25, -0.2) is 4.98 Å². The van der Waals surface area contributed by atoms with Gasteiger partial charge in [0.25, 0.3) is 0 Å². The van der Waals surface area contributed by atoms with E-state index in [1.54, 1.807) is 11.4 Å². The molecule has 0 atom stereocenters. The Balaban J connectivity index is 1.66. The number of fused-ring (bicyclic) bond motifs is 1. The summed E-state index contributed by atoms with van der Waals surface area (Å²) in [6.07, 6.45) is 3.96. The Morgan fingerprint density at radius 1 is 1.12 bits per heavy atom. The fourth-order valence-electron chi connectivity index (χ4n) is 4.78. The van der Waals surface area contributed by atoms with Gasteiger partial charge in [-0.05, 0) is 55.7 Å². The van der Waals surface area contributed by atoms with Crippen molar-refractivity contribution in [2.45, 2.75) is 65.3 Å². The fraction of sp³-hybridized carbons (Fsp3) is 0.708. The van der Waals surface area contributed by atoms with Crippen LogP contribution in [0, 0.1) is 11.8 Å². The van der Waals surface area contributed by atoms with Crippen molar-refractivity contribution in [2.24, 2.45) is 11.8 Å². The highest BCUT2D eigenvalue weighted by molar-refractivity contribution is 7.90. The highest BCUT2D eigenvalue weighted by Crippen LogP contribution is 2.32. The van der Waals surface area contributed by atoms with E-state index in [2.05, 4.69) is 32.3 Å². The van der Waals surface area contributed by atoms with Gasteiger partial charge in [0.1, 0.15) is 5.82 Å². The van der Waals surface area contributed by atoms with Crippen LogP contribution in [0.2, 0.25) is 0 Å². The average molecular weight is 463 g/mol. The number of hydrogen-bond donors (Lipinski definition) is 0. The quantitative estimate of drug-likeness (QED) is 0.669. The van der Waals surface area contributed by atoms with Crippen molar-refractivity contribution >= 4 is 26.9 Å². The lowest BCUT2D eigenvalue weighted by Gasteiger charge is -2.33. The number of anilines is 1. The monoisotopic (exact) mass is 462 g/mol. The molecule has 0 aliphatic carbocycles. The van der Waals surface area contributed by atoms with E-state index in [0.717, 1.165) is 62.3 Å². The van der Waals surface area contributed by atoms with Crippen LogP contribution in [-0.2, 0) is 26.9 Å². The summed E-state index contributed by atoms with van der Waals surface area (Å²) in [6, 6.07) is 5.88. The Labute approximate surface area is 192 Å². The summed E-state index contributed by atoms with van der Waals surface area (Å²) in [5.41, 5.74) is 2.48. The van der Waals surface area contributed by atoms with Gasteiger partial charge in [-0.2, -0.15) is 12.7 Å². The molecule has 1 aromatic heterocycles. The minimum absolute atomic E-state index is 0.104. The van der Waals surface area contributed by atoms with Crippen LogP contribution in [-0.4, -0.2) is 55.6 Å². The van der Waals surface area contributed by atoms with Crippen molar-refractivity contribution in [3.8, 4) is 0 Å². The van der Waals surface area contributed by atoms with Gasteiger partial charge in [-0.15, -0.1) is 0 Å². The summed E-state index contributed by atoms with van der Waals surface area (Å²) >= 11 is 0. The standard InChI is InChI=1S/C24H38N4O3S/c1-18-8-12-27(13-9-18)32(29,30)26(5)20-6-7-22-21(16-20)25-23(24(2,3)4)28(22)17-19-10-14-31-15-11-19/h6-7,16,18-19H,8-15,17H2,1-5H3. The Kier molecular flexibility index (Phi) is 6.58. The molecule has 3 heterocycles. The third-order valence-corrected chi connectivity index (χ3v) is 8.88. The summed E-state index contributed by atoms with van der Waals surface area (Å²) < 4.78 is 37.4. The SMILES string of the molecule is CC1CCN(S(=O)(=O)N(C)c2ccc3c(c2)nc(C(C)(C)C)n3CC2CCOCC2)CC1. The molecule has 0 radical (unpaired) electrons. The molecular weight excluding hydrogens is 424 g/mol. The number of rotatable bonds is 5. The van der Waals surface area contributed by atoms with Crippen LogP contribution in [0.15, 0.2) is 18.2 Å². The summed E-state index contributed by atoms with van der Waals surface area (Å²) in [5.74, 6) is 2.21. The summed E-state index contributed by atoms with van der Waals surface area (Å²) in [4.78, 5) is 4.99. The van der Waals surface area contributed by atoms with Crippen LogP contribution in [0.25, 0.3) is 11.0 Å². The number of benzene rings is 1. The Hall–Kier alpha value is -1.64. The van der Waals surface area contributed by atoms with Crippen LogP contribution in [0.1, 0.15) is 59.2 Å². The molecule has 8 heteroatoms. The maximum atomic E-state index is 13.2. The molecule has 2 fully saturated rings. The molecular formula is C24H38N4O3S. The van der Waals surface area contributed by atoms with E-state index in [1.165, 1.54) is 4.31 Å². The lowest BCUT2D eigenvalue weighted by atomic mass is 9.94. The second-order valence-corrected chi connectivity index (χ2v) is 12.5. The molecule has 2 saturated heterocycles. The summed E-state index contributed by atoms with van der Waals surface area (Å²) in [6.45, 7) is 12.5. The third kappa shape index (κ3) is 4.68. The van der Waals surface area contributed by atoms with Gasteiger partial charge in [-0.3, -0.25) is 4.31 Å². The van der Waals surface area contributed by atoms with E-state index < -0.39 is 10.2 Å². The number of nitrogens with zero attached hydrogens (tertiary/aromatic N) is 4. The minimum Gasteiger partial charge on any atom is -0.381 e. The summed E-state index contributed by atoms with van der Waals surface area (Å²) in [5, 5.41) is 0. The molecule has 0 amide bonds. The number of aromatic nitrogens is 2. The number of imidazole rings is 1. The Morgan fingerprint density at radius 2 is 1.78 bits per heavy atom. The highest BCUT2D eigenvalue weighted by atomic mass is 32.2.